The second kappa shape index (κ2) is 9.24. The van der Waals surface area contributed by atoms with Crippen molar-refractivity contribution in [1.29, 1.82) is 0 Å². The van der Waals surface area contributed by atoms with E-state index in [1.54, 1.807) is 23.3 Å². The molecule has 2 aliphatic rings. The summed E-state index contributed by atoms with van der Waals surface area (Å²) in [6.07, 6.45) is 14.9. The van der Waals surface area contributed by atoms with Crippen molar-refractivity contribution in [2.45, 2.75) is 64.5 Å². The zero-order valence-electron chi connectivity index (χ0n) is 17.1. The first-order chi connectivity index (χ1) is 14.2. The molecule has 8 nitrogen and oxygen atoms in total. The van der Waals surface area contributed by atoms with Gasteiger partial charge in [-0.05, 0) is 45.4 Å². The van der Waals surface area contributed by atoms with Crippen LogP contribution < -0.4 is 15.0 Å². The zero-order valence-corrected chi connectivity index (χ0v) is 17.1. The summed E-state index contributed by atoms with van der Waals surface area (Å²) in [6, 6.07) is 0. The molecular formula is C21H30N6O2. The molecule has 1 aliphatic heterocycles. The van der Waals surface area contributed by atoms with Crippen molar-refractivity contribution in [3.63, 3.8) is 0 Å². The van der Waals surface area contributed by atoms with Crippen LogP contribution in [-0.4, -0.2) is 44.8 Å². The summed E-state index contributed by atoms with van der Waals surface area (Å²) in [5, 5.41) is 7.19. The molecule has 156 valence electrons. The summed E-state index contributed by atoms with van der Waals surface area (Å²) in [4.78, 5) is 23.8. The third-order valence-electron chi connectivity index (χ3n) is 5.85. The molecule has 1 saturated heterocycles. The number of aryl methyl sites for hydroxylation is 1. The van der Waals surface area contributed by atoms with Crippen molar-refractivity contribution in [3.05, 3.63) is 24.8 Å². The average Bonchev–Trinajstić information content (AvgIpc) is 3.22. The number of nitrogens with one attached hydrogen (secondary N) is 1. The molecule has 29 heavy (non-hydrogen) atoms. The molecule has 0 radical (unpaired) electrons. The molecule has 0 aromatic carbocycles. The molecule has 1 saturated carbocycles. The summed E-state index contributed by atoms with van der Waals surface area (Å²) >= 11 is 0. The van der Waals surface area contributed by atoms with Gasteiger partial charge in [0.05, 0.1) is 24.3 Å². The third-order valence-corrected chi connectivity index (χ3v) is 5.85. The normalized spacial score (nSPS) is 18.6. The van der Waals surface area contributed by atoms with Gasteiger partial charge in [-0.25, -0.2) is 0 Å². The van der Waals surface area contributed by atoms with Crippen LogP contribution in [0.3, 0.4) is 0 Å². The Morgan fingerprint density at radius 1 is 1.14 bits per heavy atom. The van der Waals surface area contributed by atoms with E-state index in [1.807, 2.05) is 13.1 Å². The van der Waals surface area contributed by atoms with Crippen molar-refractivity contribution >= 4 is 17.4 Å². The Kier molecular flexibility index (Phi) is 6.27. The second-order valence-corrected chi connectivity index (χ2v) is 7.93. The summed E-state index contributed by atoms with van der Waals surface area (Å²) in [5.74, 6) is 1.52. The lowest BCUT2D eigenvalue weighted by atomic mass is 9.96. The Morgan fingerprint density at radius 2 is 1.93 bits per heavy atom. The fourth-order valence-corrected chi connectivity index (χ4v) is 4.12. The van der Waals surface area contributed by atoms with Gasteiger partial charge in [0.15, 0.2) is 5.82 Å². The Balaban J connectivity index is 1.29. The number of piperidine rings is 1. The average molecular weight is 399 g/mol. The molecule has 4 rings (SSSR count). The van der Waals surface area contributed by atoms with Crippen molar-refractivity contribution in [3.8, 4) is 5.88 Å². The first-order valence-corrected chi connectivity index (χ1v) is 10.8. The Bertz CT molecular complexity index is 809. The van der Waals surface area contributed by atoms with Gasteiger partial charge in [0, 0.05) is 31.7 Å². The van der Waals surface area contributed by atoms with Crippen LogP contribution in [0.5, 0.6) is 5.88 Å². The maximum Gasteiger partial charge on any atom is 0.234 e. The van der Waals surface area contributed by atoms with Crippen LogP contribution in [0.1, 0.15) is 51.9 Å². The number of carbonyl (C=O) groups is 1. The van der Waals surface area contributed by atoms with Crippen LogP contribution in [0, 0.1) is 5.92 Å². The highest BCUT2D eigenvalue weighted by Crippen LogP contribution is 2.26. The highest BCUT2D eigenvalue weighted by Gasteiger charge is 2.26. The van der Waals surface area contributed by atoms with Crippen LogP contribution in [0.2, 0.25) is 0 Å². The number of hydrogen-bond acceptors (Lipinski definition) is 6. The molecule has 2 fully saturated rings. The predicted molar refractivity (Wildman–Crippen MR) is 111 cm³/mol. The van der Waals surface area contributed by atoms with Crippen molar-refractivity contribution in [2.75, 3.05) is 23.3 Å². The minimum Gasteiger partial charge on any atom is -0.473 e. The molecule has 0 spiro atoms. The Morgan fingerprint density at radius 3 is 2.66 bits per heavy atom. The SMILES string of the molecule is CCn1cc(NC(=O)C2CCN(c3cncc(OC4CCCCC4)n3)CC2)cn1. The minimum absolute atomic E-state index is 0.00542. The number of anilines is 2. The third kappa shape index (κ3) is 5.05. The van der Waals surface area contributed by atoms with Crippen LogP contribution in [0.25, 0.3) is 0 Å². The highest BCUT2D eigenvalue weighted by molar-refractivity contribution is 5.92. The molecular weight excluding hydrogens is 368 g/mol. The van der Waals surface area contributed by atoms with E-state index in [0.717, 1.165) is 56.8 Å². The van der Waals surface area contributed by atoms with Gasteiger partial charge in [0.2, 0.25) is 11.8 Å². The van der Waals surface area contributed by atoms with Crippen LogP contribution >= 0.6 is 0 Å². The van der Waals surface area contributed by atoms with E-state index in [-0.39, 0.29) is 17.9 Å². The molecule has 0 bridgehead atoms. The van der Waals surface area contributed by atoms with Gasteiger partial charge in [0.25, 0.3) is 0 Å². The van der Waals surface area contributed by atoms with Crippen molar-refractivity contribution in [1.82, 2.24) is 19.7 Å². The van der Waals surface area contributed by atoms with Gasteiger partial charge < -0.3 is 15.0 Å². The summed E-state index contributed by atoms with van der Waals surface area (Å²) < 4.78 is 7.86. The number of nitrogens with zero attached hydrogens (tertiary/aromatic N) is 5. The summed E-state index contributed by atoms with van der Waals surface area (Å²) in [7, 11) is 0. The molecule has 2 aromatic heterocycles. The maximum atomic E-state index is 12.6. The van der Waals surface area contributed by atoms with Crippen LogP contribution in [0.4, 0.5) is 11.5 Å². The van der Waals surface area contributed by atoms with Gasteiger partial charge in [0.1, 0.15) is 6.10 Å². The number of rotatable bonds is 6. The lowest BCUT2D eigenvalue weighted by Gasteiger charge is -2.32. The van der Waals surface area contributed by atoms with Crippen LogP contribution in [-0.2, 0) is 11.3 Å². The zero-order chi connectivity index (χ0) is 20.1. The molecule has 3 heterocycles. The van der Waals surface area contributed by atoms with Crippen molar-refractivity contribution < 1.29 is 9.53 Å². The lowest BCUT2D eigenvalue weighted by Crippen LogP contribution is -2.38. The van der Waals surface area contributed by atoms with Gasteiger partial charge in [-0.3, -0.25) is 14.5 Å². The first-order valence-electron chi connectivity index (χ1n) is 10.8. The highest BCUT2D eigenvalue weighted by atomic mass is 16.5. The fourth-order valence-electron chi connectivity index (χ4n) is 4.12. The maximum absolute atomic E-state index is 12.6. The largest absolute Gasteiger partial charge is 0.473 e. The topological polar surface area (TPSA) is 85.2 Å². The quantitative estimate of drug-likeness (QED) is 0.804. The van der Waals surface area contributed by atoms with Gasteiger partial charge in [-0.1, -0.05) is 6.42 Å². The van der Waals surface area contributed by atoms with E-state index in [4.69, 9.17) is 4.74 Å². The first kappa shape index (κ1) is 19.7. The molecule has 8 heteroatoms. The monoisotopic (exact) mass is 398 g/mol. The summed E-state index contributed by atoms with van der Waals surface area (Å²) in [6.45, 7) is 4.38. The molecule has 0 atom stereocenters. The number of hydrogen-bond donors (Lipinski definition) is 1. The van der Waals surface area contributed by atoms with E-state index in [0.29, 0.717) is 5.88 Å². The summed E-state index contributed by atoms with van der Waals surface area (Å²) in [5.41, 5.74) is 0.762. The number of aromatic nitrogens is 4. The van der Waals surface area contributed by atoms with Crippen LogP contribution in [0.15, 0.2) is 24.8 Å². The number of ether oxygens (including phenoxy) is 1. The van der Waals surface area contributed by atoms with E-state index in [1.165, 1.54) is 19.3 Å². The second-order valence-electron chi connectivity index (χ2n) is 7.93. The van der Waals surface area contributed by atoms with E-state index < -0.39 is 0 Å². The van der Waals surface area contributed by atoms with Crippen molar-refractivity contribution in [2.24, 2.45) is 5.92 Å². The van der Waals surface area contributed by atoms with Gasteiger partial charge >= 0.3 is 0 Å². The van der Waals surface area contributed by atoms with E-state index in [9.17, 15) is 4.79 Å². The van der Waals surface area contributed by atoms with E-state index in [2.05, 4.69) is 25.3 Å². The molecule has 1 amide bonds. The van der Waals surface area contributed by atoms with Gasteiger partial charge in [-0.2, -0.15) is 10.1 Å². The predicted octanol–water partition coefficient (Wildman–Crippen LogP) is 3.26. The Hall–Kier alpha value is -2.64. The Labute approximate surface area is 171 Å². The molecule has 0 unspecified atom stereocenters. The lowest BCUT2D eigenvalue weighted by molar-refractivity contribution is -0.120. The fraction of sp³-hybridized carbons (Fsp3) is 0.619. The van der Waals surface area contributed by atoms with Gasteiger partial charge in [-0.15, -0.1) is 0 Å². The minimum atomic E-state index is 0.00542. The molecule has 1 N–H and O–H groups in total. The smallest absolute Gasteiger partial charge is 0.234 e. The van der Waals surface area contributed by atoms with E-state index >= 15 is 0 Å². The number of carbonyl (C=O) groups excluding carboxylic acids is 1. The number of amides is 1. The molecule has 1 aliphatic carbocycles. The molecule has 2 aromatic rings. The standard InChI is InChI=1S/C21H30N6O2/c1-2-27-15-17(12-23-27)24-21(28)16-8-10-26(11-9-16)19-13-22-14-20(25-19)29-18-6-4-3-5-7-18/h12-16,18H,2-11H2,1H3,(H,24,28).